The summed E-state index contributed by atoms with van der Waals surface area (Å²) >= 11 is 1.34. The Labute approximate surface area is 218 Å². The van der Waals surface area contributed by atoms with Gasteiger partial charge in [-0.2, -0.15) is 0 Å². The number of aromatic nitrogens is 1. The van der Waals surface area contributed by atoms with E-state index in [1.54, 1.807) is 30.9 Å². The average Bonchev–Trinajstić information content (AvgIpc) is 3.29. The van der Waals surface area contributed by atoms with Crippen LogP contribution in [0.15, 0.2) is 52.6 Å². The smallest absolute Gasteiger partial charge is 0.443 e. The number of nitrogens with one attached hydrogen (secondary N) is 1. The lowest BCUT2D eigenvalue weighted by atomic mass is 9.97. The molecule has 0 saturated carbocycles. The molecule has 0 aliphatic rings. The summed E-state index contributed by atoms with van der Waals surface area (Å²) in [5.41, 5.74) is 1.85. The van der Waals surface area contributed by atoms with Crippen molar-refractivity contribution in [2.24, 2.45) is 0 Å². The molecule has 0 atom stereocenters. The molecule has 0 aliphatic carbocycles. The van der Waals surface area contributed by atoms with Gasteiger partial charge < -0.3 is 19.2 Å². The number of amides is 1. The van der Waals surface area contributed by atoms with Crippen molar-refractivity contribution in [1.82, 2.24) is 4.98 Å². The van der Waals surface area contributed by atoms with E-state index in [9.17, 15) is 14.4 Å². The fraction of sp³-hybridized carbons (Fsp3) is 0.321. The second-order valence-electron chi connectivity index (χ2n) is 9.77. The number of ether oxygens (including phenoxy) is 3. The van der Waals surface area contributed by atoms with Crippen molar-refractivity contribution in [2.45, 2.75) is 53.2 Å². The van der Waals surface area contributed by atoms with Crippen molar-refractivity contribution in [3.8, 4) is 16.9 Å². The number of pyridine rings is 1. The van der Waals surface area contributed by atoms with Crippen LogP contribution in [0, 0.1) is 0 Å². The van der Waals surface area contributed by atoms with E-state index < -0.39 is 17.8 Å². The van der Waals surface area contributed by atoms with Crippen molar-refractivity contribution in [2.75, 3.05) is 11.4 Å². The molecule has 0 spiro atoms. The van der Waals surface area contributed by atoms with Crippen LogP contribution >= 0.6 is 11.3 Å². The van der Waals surface area contributed by atoms with Gasteiger partial charge in [-0.15, -0.1) is 11.3 Å². The summed E-state index contributed by atoms with van der Waals surface area (Å²) in [6, 6.07) is 12.6. The summed E-state index contributed by atoms with van der Waals surface area (Å²) in [6.07, 6.45) is -1.60. The molecule has 2 aromatic heterocycles. The molecule has 0 unspecified atom stereocenters. The summed E-state index contributed by atoms with van der Waals surface area (Å²) in [6.45, 7) is 11.3. The average molecular weight is 523 g/mol. The lowest BCUT2D eigenvalue weighted by Gasteiger charge is -2.26. The Morgan fingerprint density at radius 3 is 2.38 bits per heavy atom. The van der Waals surface area contributed by atoms with Gasteiger partial charge in [0.1, 0.15) is 16.1 Å². The van der Waals surface area contributed by atoms with E-state index in [4.69, 9.17) is 14.2 Å². The number of anilines is 1. The molecule has 0 radical (unpaired) electrons. The fourth-order valence-electron chi connectivity index (χ4n) is 4.05. The van der Waals surface area contributed by atoms with Gasteiger partial charge in [-0.1, -0.05) is 12.1 Å². The summed E-state index contributed by atoms with van der Waals surface area (Å²) in [7, 11) is 0. The number of H-pyrrole nitrogens is 1. The Hall–Kier alpha value is -3.85. The molecule has 9 heteroatoms. The Bertz CT molecular complexity index is 1510. The zero-order valence-corrected chi connectivity index (χ0v) is 22.5. The minimum Gasteiger partial charge on any atom is -0.443 e. The predicted molar refractivity (Wildman–Crippen MR) is 147 cm³/mol. The summed E-state index contributed by atoms with van der Waals surface area (Å²) in [5.74, 6) is 0.296. The Kier molecular flexibility index (Phi) is 7.27. The number of aromatic amines is 1. The zero-order valence-electron chi connectivity index (χ0n) is 21.7. The number of thiophene rings is 1. The van der Waals surface area contributed by atoms with Gasteiger partial charge in [0.25, 0.3) is 5.56 Å². The third-order valence-electron chi connectivity index (χ3n) is 5.48. The van der Waals surface area contributed by atoms with Gasteiger partial charge >= 0.3 is 12.2 Å². The highest BCUT2D eigenvalue weighted by Crippen LogP contribution is 2.41. The van der Waals surface area contributed by atoms with Crippen molar-refractivity contribution < 1.29 is 23.8 Å². The van der Waals surface area contributed by atoms with E-state index in [0.717, 1.165) is 16.3 Å². The van der Waals surface area contributed by atoms with E-state index in [-0.39, 0.29) is 11.7 Å². The standard InChI is InChI=1S/C28H30N2O6S/c1-7-30(26(32)36-28(4,5)6)18-10-8-17(9-11-18)22-21(35-27(33)34-16(2)3)13-12-20-23(22)19-14-15-37-24(19)25(31)29-20/h8-16H,7H2,1-6H3,(H,29,31). The number of carbonyl (C=O) groups is 2. The molecule has 0 bridgehead atoms. The Morgan fingerprint density at radius 2 is 1.76 bits per heavy atom. The van der Waals surface area contributed by atoms with Crippen LogP contribution in [0.2, 0.25) is 0 Å². The maximum atomic E-state index is 12.7. The van der Waals surface area contributed by atoms with Crippen LogP contribution in [0.1, 0.15) is 41.5 Å². The van der Waals surface area contributed by atoms with Gasteiger partial charge in [0, 0.05) is 34.1 Å². The first kappa shape index (κ1) is 26.2. The molecule has 0 saturated heterocycles. The molecule has 4 aromatic rings. The molecular formula is C28H30N2O6S. The lowest BCUT2D eigenvalue weighted by Crippen LogP contribution is -2.36. The number of carbonyl (C=O) groups excluding carboxylic acids is 2. The number of fused-ring (bicyclic) bond motifs is 3. The molecule has 0 fully saturated rings. The predicted octanol–water partition coefficient (Wildman–Crippen LogP) is 7.10. The van der Waals surface area contributed by atoms with E-state index >= 15 is 0 Å². The summed E-state index contributed by atoms with van der Waals surface area (Å²) in [4.78, 5) is 42.2. The fourth-order valence-corrected chi connectivity index (χ4v) is 4.84. The van der Waals surface area contributed by atoms with Gasteiger partial charge in [0.15, 0.2) is 0 Å². The number of benzene rings is 2. The highest BCUT2D eigenvalue weighted by molar-refractivity contribution is 7.17. The van der Waals surface area contributed by atoms with Gasteiger partial charge in [-0.25, -0.2) is 9.59 Å². The molecule has 1 amide bonds. The minimum absolute atomic E-state index is 0.178. The van der Waals surface area contributed by atoms with E-state index in [0.29, 0.717) is 33.8 Å². The van der Waals surface area contributed by atoms with E-state index in [1.807, 2.05) is 63.4 Å². The van der Waals surface area contributed by atoms with Crippen LogP contribution in [0.3, 0.4) is 0 Å². The zero-order chi connectivity index (χ0) is 26.9. The van der Waals surface area contributed by atoms with Crippen molar-refractivity contribution in [1.29, 1.82) is 0 Å². The highest BCUT2D eigenvalue weighted by atomic mass is 32.1. The molecule has 0 aliphatic heterocycles. The summed E-state index contributed by atoms with van der Waals surface area (Å²) < 4.78 is 17.0. The lowest BCUT2D eigenvalue weighted by molar-refractivity contribution is 0.0581. The molecular weight excluding hydrogens is 492 g/mol. The van der Waals surface area contributed by atoms with Crippen molar-refractivity contribution in [3.05, 3.63) is 58.2 Å². The normalized spacial score (nSPS) is 11.6. The number of hydrogen-bond donors (Lipinski definition) is 1. The largest absolute Gasteiger partial charge is 0.514 e. The SMILES string of the molecule is CCN(C(=O)OC(C)(C)C)c1ccc(-c2c(OC(=O)OC(C)C)ccc3[nH]c(=O)c4sccc4c23)cc1. The van der Waals surface area contributed by atoms with E-state index in [1.165, 1.54) is 11.3 Å². The molecule has 37 heavy (non-hydrogen) atoms. The Morgan fingerprint density at radius 1 is 1.05 bits per heavy atom. The molecule has 1 N–H and O–H groups in total. The Balaban J connectivity index is 1.85. The first-order valence-corrected chi connectivity index (χ1v) is 12.9. The molecule has 2 heterocycles. The number of hydrogen-bond acceptors (Lipinski definition) is 7. The van der Waals surface area contributed by atoms with Crippen molar-refractivity contribution in [3.63, 3.8) is 0 Å². The number of rotatable bonds is 5. The van der Waals surface area contributed by atoms with Crippen LogP contribution < -0.4 is 15.2 Å². The van der Waals surface area contributed by atoms with Crippen LogP contribution in [-0.2, 0) is 9.47 Å². The first-order valence-electron chi connectivity index (χ1n) is 12.0. The van der Waals surface area contributed by atoms with Gasteiger partial charge in [0.05, 0.1) is 6.10 Å². The van der Waals surface area contributed by atoms with E-state index in [2.05, 4.69) is 4.98 Å². The quantitative estimate of drug-likeness (QED) is 0.222. The van der Waals surface area contributed by atoms with Crippen LogP contribution in [0.5, 0.6) is 5.75 Å². The topological polar surface area (TPSA) is 97.9 Å². The van der Waals surface area contributed by atoms with Gasteiger partial charge in [-0.05, 0) is 82.8 Å². The minimum atomic E-state index is -0.819. The second-order valence-corrected chi connectivity index (χ2v) is 10.7. The second kappa shape index (κ2) is 10.3. The molecule has 2 aromatic carbocycles. The first-order chi connectivity index (χ1) is 17.5. The highest BCUT2D eigenvalue weighted by Gasteiger charge is 2.23. The van der Waals surface area contributed by atoms with Crippen LogP contribution in [0.4, 0.5) is 15.3 Å². The van der Waals surface area contributed by atoms with Gasteiger partial charge in [0.2, 0.25) is 0 Å². The molecule has 8 nitrogen and oxygen atoms in total. The third kappa shape index (κ3) is 5.61. The summed E-state index contributed by atoms with van der Waals surface area (Å²) in [5, 5.41) is 3.36. The maximum Gasteiger partial charge on any atom is 0.514 e. The molecule has 4 rings (SSSR count). The van der Waals surface area contributed by atoms with Crippen LogP contribution in [0.25, 0.3) is 32.1 Å². The van der Waals surface area contributed by atoms with Crippen molar-refractivity contribution >= 4 is 50.3 Å². The third-order valence-corrected chi connectivity index (χ3v) is 6.39. The van der Waals surface area contributed by atoms with Crippen LogP contribution in [-0.4, -0.2) is 35.5 Å². The monoisotopic (exact) mass is 522 g/mol. The maximum absolute atomic E-state index is 12.7. The van der Waals surface area contributed by atoms with Gasteiger partial charge in [-0.3, -0.25) is 9.69 Å². The molecule has 194 valence electrons. The number of nitrogens with zero attached hydrogens (tertiary/aromatic N) is 1.